The number of hydrogen-bond acceptors (Lipinski definition) is 3. The SMILES string of the molecule is NCCc1ccccc1C(=O)c1ccsc1. The Balaban J connectivity index is 2.36. The monoisotopic (exact) mass is 231 g/mol. The molecule has 0 bridgehead atoms. The molecule has 0 saturated carbocycles. The number of hydrogen-bond donors (Lipinski definition) is 1. The quantitative estimate of drug-likeness (QED) is 0.821. The standard InChI is InChI=1S/C13H13NOS/c14-7-5-10-3-1-2-4-12(10)13(15)11-6-8-16-9-11/h1-4,6,8-9H,5,7,14H2. The molecular formula is C13H13NOS. The number of rotatable bonds is 4. The van der Waals surface area contributed by atoms with Crippen molar-refractivity contribution in [2.75, 3.05) is 6.54 Å². The second-order valence-corrected chi connectivity index (χ2v) is 4.32. The Hall–Kier alpha value is -1.45. The van der Waals surface area contributed by atoms with Crippen LogP contribution >= 0.6 is 11.3 Å². The molecule has 82 valence electrons. The minimum absolute atomic E-state index is 0.0882. The van der Waals surface area contributed by atoms with Crippen molar-refractivity contribution >= 4 is 17.1 Å². The first-order valence-corrected chi connectivity index (χ1v) is 6.12. The van der Waals surface area contributed by atoms with Crippen molar-refractivity contribution in [3.8, 4) is 0 Å². The molecule has 0 fully saturated rings. The van der Waals surface area contributed by atoms with Gasteiger partial charge in [-0.1, -0.05) is 24.3 Å². The second kappa shape index (κ2) is 5.05. The summed E-state index contributed by atoms with van der Waals surface area (Å²) in [6.45, 7) is 0.563. The molecular weight excluding hydrogens is 218 g/mol. The molecule has 2 nitrogen and oxygen atoms in total. The van der Waals surface area contributed by atoms with Crippen LogP contribution in [-0.2, 0) is 6.42 Å². The van der Waals surface area contributed by atoms with Gasteiger partial charge >= 0.3 is 0 Å². The molecule has 1 aromatic heterocycles. The summed E-state index contributed by atoms with van der Waals surface area (Å²) in [4.78, 5) is 12.2. The number of nitrogens with two attached hydrogens (primary N) is 1. The van der Waals surface area contributed by atoms with Crippen molar-refractivity contribution in [3.05, 3.63) is 57.8 Å². The highest BCUT2D eigenvalue weighted by atomic mass is 32.1. The number of thiophene rings is 1. The first-order valence-electron chi connectivity index (χ1n) is 5.18. The van der Waals surface area contributed by atoms with Gasteiger partial charge in [-0.15, -0.1) is 0 Å². The zero-order valence-corrected chi connectivity index (χ0v) is 9.67. The van der Waals surface area contributed by atoms with Crippen LogP contribution in [0.2, 0.25) is 0 Å². The maximum Gasteiger partial charge on any atom is 0.194 e. The lowest BCUT2D eigenvalue weighted by Crippen LogP contribution is -2.09. The smallest absolute Gasteiger partial charge is 0.194 e. The molecule has 1 aromatic carbocycles. The Morgan fingerprint density at radius 1 is 1.25 bits per heavy atom. The molecule has 0 atom stereocenters. The lowest BCUT2D eigenvalue weighted by Gasteiger charge is -2.06. The average Bonchev–Trinajstić information content (AvgIpc) is 2.83. The van der Waals surface area contributed by atoms with Crippen molar-refractivity contribution in [1.29, 1.82) is 0 Å². The van der Waals surface area contributed by atoms with Crippen molar-refractivity contribution in [2.45, 2.75) is 6.42 Å². The lowest BCUT2D eigenvalue weighted by atomic mass is 9.98. The van der Waals surface area contributed by atoms with E-state index in [0.29, 0.717) is 6.54 Å². The molecule has 2 aromatic rings. The van der Waals surface area contributed by atoms with E-state index in [-0.39, 0.29) is 5.78 Å². The lowest BCUT2D eigenvalue weighted by molar-refractivity contribution is 0.103. The molecule has 3 heteroatoms. The van der Waals surface area contributed by atoms with E-state index in [2.05, 4.69) is 0 Å². The van der Waals surface area contributed by atoms with E-state index < -0.39 is 0 Å². The van der Waals surface area contributed by atoms with Crippen LogP contribution in [0, 0.1) is 0 Å². The van der Waals surface area contributed by atoms with E-state index in [1.165, 1.54) is 11.3 Å². The van der Waals surface area contributed by atoms with Gasteiger partial charge < -0.3 is 5.73 Å². The molecule has 0 saturated heterocycles. The summed E-state index contributed by atoms with van der Waals surface area (Å²) in [6, 6.07) is 9.51. The zero-order chi connectivity index (χ0) is 11.4. The van der Waals surface area contributed by atoms with Crippen LogP contribution in [0.1, 0.15) is 21.5 Å². The van der Waals surface area contributed by atoms with Gasteiger partial charge in [0.25, 0.3) is 0 Å². The summed E-state index contributed by atoms with van der Waals surface area (Å²) in [6.07, 6.45) is 0.742. The molecule has 2 rings (SSSR count). The molecule has 0 unspecified atom stereocenters. The highest BCUT2D eigenvalue weighted by molar-refractivity contribution is 7.08. The van der Waals surface area contributed by atoms with Crippen molar-refractivity contribution in [1.82, 2.24) is 0 Å². The fourth-order valence-electron chi connectivity index (χ4n) is 1.66. The maximum absolute atomic E-state index is 12.2. The Labute approximate surface area is 98.7 Å². The second-order valence-electron chi connectivity index (χ2n) is 3.54. The molecule has 0 spiro atoms. The fourth-order valence-corrected chi connectivity index (χ4v) is 2.30. The largest absolute Gasteiger partial charge is 0.330 e. The topological polar surface area (TPSA) is 43.1 Å². The number of ketones is 1. The van der Waals surface area contributed by atoms with Gasteiger partial charge in [0.05, 0.1) is 0 Å². The Morgan fingerprint density at radius 3 is 2.75 bits per heavy atom. The zero-order valence-electron chi connectivity index (χ0n) is 8.85. The Kier molecular flexibility index (Phi) is 3.49. The Morgan fingerprint density at radius 2 is 2.06 bits per heavy atom. The summed E-state index contributed by atoms with van der Waals surface area (Å²) in [5, 5.41) is 3.79. The van der Waals surface area contributed by atoms with E-state index in [1.807, 2.05) is 41.1 Å². The summed E-state index contributed by atoms with van der Waals surface area (Å²) in [5.74, 6) is 0.0882. The fraction of sp³-hybridized carbons (Fsp3) is 0.154. The molecule has 1 heterocycles. The van der Waals surface area contributed by atoms with Crippen molar-refractivity contribution in [3.63, 3.8) is 0 Å². The van der Waals surface area contributed by atoms with E-state index in [1.54, 1.807) is 0 Å². The molecule has 16 heavy (non-hydrogen) atoms. The third-order valence-electron chi connectivity index (χ3n) is 2.46. The summed E-state index contributed by atoms with van der Waals surface area (Å²) in [7, 11) is 0. The minimum Gasteiger partial charge on any atom is -0.330 e. The highest BCUT2D eigenvalue weighted by Crippen LogP contribution is 2.16. The van der Waals surface area contributed by atoms with Gasteiger partial charge in [-0.3, -0.25) is 4.79 Å². The van der Waals surface area contributed by atoms with E-state index in [9.17, 15) is 4.79 Å². The first-order chi connectivity index (χ1) is 7.83. The van der Waals surface area contributed by atoms with Gasteiger partial charge in [0.1, 0.15) is 0 Å². The van der Waals surface area contributed by atoms with Gasteiger partial charge in [-0.05, 0) is 30.0 Å². The van der Waals surface area contributed by atoms with Gasteiger partial charge in [0, 0.05) is 16.5 Å². The van der Waals surface area contributed by atoms with Crippen LogP contribution < -0.4 is 5.73 Å². The van der Waals surface area contributed by atoms with Crippen LogP contribution in [0.15, 0.2) is 41.1 Å². The predicted molar refractivity (Wildman–Crippen MR) is 67.0 cm³/mol. The summed E-state index contributed by atoms with van der Waals surface area (Å²) < 4.78 is 0. The molecule has 2 N–H and O–H groups in total. The molecule has 0 aliphatic carbocycles. The molecule has 0 radical (unpaired) electrons. The molecule has 0 aliphatic rings. The summed E-state index contributed by atoms with van der Waals surface area (Å²) in [5.41, 5.74) is 8.10. The van der Waals surface area contributed by atoms with Crippen LogP contribution in [0.3, 0.4) is 0 Å². The predicted octanol–water partition coefficient (Wildman–Crippen LogP) is 2.48. The molecule has 0 amide bonds. The minimum atomic E-state index is 0.0882. The van der Waals surface area contributed by atoms with Crippen LogP contribution in [0.5, 0.6) is 0 Å². The van der Waals surface area contributed by atoms with E-state index in [4.69, 9.17) is 5.73 Å². The first kappa shape index (κ1) is 11.0. The number of benzene rings is 1. The van der Waals surface area contributed by atoms with Gasteiger partial charge in [-0.25, -0.2) is 0 Å². The van der Waals surface area contributed by atoms with Crippen molar-refractivity contribution in [2.24, 2.45) is 5.73 Å². The Bertz CT molecular complexity index is 476. The van der Waals surface area contributed by atoms with Gasteiger partial charge in [0.15, 0.2) is 5.78 Å². The van der Waals surface area contributed by atoms with Crippen LogP contribution in [0.25, 0.3) is 0 Å². The van der Waals surface area contributed by atoms with E-state index in [0.717, 1.165) is 23.1 Å². The maximum atomic E-state index is 12.2. The van der Waals surface area contributed by atoms with Gasteiger partial charge in [-0.2, -0.15) is 11.3 Å². The van der Waals surface area contributed by atoms with Crippen LogP contribution in [-0.4, -0.2) is 12.3 Å². The number of carbonyl (C=O) groups excluding carboxylic acids is 1. The van der Waals surface area contributed by atoms with Crippen LogP contribution in [0.4, 0.5) is 0 Å². The highest BCUT2D eigenvalue weighted by Gasteiger charge is 2.12. The average molecular weight is 231 g/mol. The van der Waals surface area contributed by atoms with Crippen molar-refractivity contribution < 1.29 is 4.79 Å². The third-order valence-corrected chi connectivity index (χ3v) is 3.14. The van der Waals surface area contributed by atoms with Gasteiger partial charge in [0.2, 0.25) is 0 Å². The molecule has 0 aliphatic heterocycles. The van der Waals surface area contributed by atoms with E-state index >= 15 is 0 Å². The number of carbonyl (C=O) groups is 1. The normalized spacial score (nSPS) is 10.3. The third kappa shape index (κ3) is 2.21. The summed E-state index contributed by atoms with van der Waals surface area (Å²) >= 11 is 1.54.